The van der Waals surface area contributed by atoms with Gasteiger partial charge >= 0.3 is 0 Å². The molecule has 0 radical (unpaired) electrons. The molecule has 1 N–H and O–H groups in total. The Kier molecular flexibility index (Phi) is 3.79. The van der Waals surface area contributed by atoms with E-state index in [9.17, 15) is 9.59 Å². The van der Waals surface area contributed by atoms with Gasteiger partial charge in [-0.15, -0.1) is 0 Å². The first-order valence-corrected chi connectivity index (χ1v) is 6.59. The van der Waals surface area contributed by atoms with Crippen LogP contribution in [0.1, 0.15) is 33.6 Å². The van der Waals surface area contributed by atoms with E-state index in [2.05, 4.69) is 10.3 Å². The second-order valence-electron chi connectivity index (χ2n) is 4.69. The highest BCUT2D eigenvalue weighted by Gasteiger charge is 2.28. The third-order valence-electron chi connectivity index (χ3n) is 3.48. The maximum atomic E-state index is 11.9. The van der Waals surface area contributed by atoms with Gasteiger partial charge in [-0.05, 0) is 25.5 Å². The summed E-state index contributed by atoms with van der Waals surface area (Å²) in [6.45, 7) is 5.74. The number of hydrogen-bond acceptors (Lipinski definition) is 2. The molecule has 2 amide bonds. The molecule has 1 aliphatic carbocycles. The van der Waals surface area contributed by atoms with Gasteiger partial charge in [0, 0.05) is 23.6 Å². The Labute approximate surface area is 113 Å². The van der Waals surface area contributed by atoms with Gasteiger partial charge in [0.15, 0.2) is 0 Å². The summed E-state index contributed by atoms with van der Waals surface area (Å²) in [5.74, 6) is -0.0964. The molecule has 2 rings (SSSR count). The van der Waals surface area contributed by atoms with Gasteiger partial charge in [0.25, 0.3) is 5.91 Å². The Balaban J connectivity index is 2.35. The fraction of sp³-hybridized carbons (Fsp3) is 0.400. The zero-order valence-electron chi connectivity index (χ0n) is 11.5. The molecule has 1 heterocycles. The van der Waals surface area contributed by atoms with Crippen LogP contribution in [0.2, 0.25) is 0 Å². The number of nitrogens with one attached hydrogen (secondary N) is 1. The maximum Gasteiger partial charge on any atom is 0.251 e. The van der Waals surface area contributed by atoms with Gasteiger partial charge < -0.3 is 5.32 Å². The molecule has 0 saturated carbocycles. The Morgan fingerprint density at radius 3 is 2.79 bits per heavy atom. The molecule has 1 atom stereocenters. The van der Waals surface area contributed by atoms with Gasteiger partial charge in [0.05, 0.1) is 5.71 Å². The lowest BCUT2D eigenvalue weighted by Gasteiger charge is -2.29. The molecule has 1 unspecified atom stereocenters. The smallest absolute Gasteiger partial charge is 0.251 e. The molecule has 0 aromatic rings. The van der Waals surface area contributed by atoms with E-state index in [1.54, 1.807) is 13.0 Å². The van der Waals surface area contributed by atoms with Crippen molar-refractivity contribution in [3.8, 4) is 0 Å². The fourth-order valence-electron chi connectivity index (χ4n) is 2.39. The van der Waals surface area contributed by atoms with Crippen molar-refractivity contribution < 1.29 is 9.59 Å². The van der Waals surface area contributed by atoms with Crippen LogP contribution >= 0.6 is 0 Å². The van der Waals surface area contributed by atoms with Crippen molar-refractivity contribution >= 4 is 17.5 Å². The van der Waals surface area contributed by atoms with E-state index in [1.807, 2.05) is 26.0 Å². The summed E-state index contributed by atoms with van der Waals surface area (Å²) in [6, 6.07) is 0. The zero-order valence-corrected chi connectivity index (χ0v) is 11.5. The minimum absolute atomic E-state index is 0.0426. The molecular formula is C15H18N2O2. The normalized spacial score (nSPS) is 24.2. The summed E-state index contributed by atoms with van der Waals surface area (Å²) < 4.78 is 0. The molecule has 1 aliphatic heterocycles. The van der Waals surface area contributed by atoms with Gasteiger partial charge in [-0.3, -0.25) is 9.59 Å². The van der Waals surface area contributed by atoms with Crippen LogP contribution in [-0.2, 0) is 9.59 Å². The molecule has 0 spiro atoms. The molecule has 0 saturated heterocycles. The van der Waals surface area contributed by atoms with Crippen molar-refractivity contribution in [2.75, 3.05) is 0 Å². The molecule has 2 aliphatic rings. The number of allylic oxidation sites excluding steroid dienone is 3. The number of aliphatic imine (C=N–C) groups is 1. The molecule has 0 fully saturated rings. The van der Waals surface area contributed by atoms with Gasteiger partial charge in [-0.1, -0.05) is 25.5 Å². The van der Waals surface area contributed by atoms with Crippen LogP contribution in [0.4, 0.5) is 0 Å². The van der Waals surface area contributed by atoms with Crippen LogP contribution in [0.5, 0.6) is 0 Å². The van der Waals surface area contributed by atoms with Crippen molar-refractivity contribution in [2.45, 2.75) is 33.6 Å². The second-order valence-corrected chi connectivity index (χ2v) is 4.69. The maximum absolute atomic E-state index is 11.9. The van der Waals surface area contributed by atoms with Gasteiger partial charge in [-0.2, -0.15) is 0 Å². The van der Waals surface area contributed by atoms with Gasteiger partial charge in [0.2, 0.25) is 5.91 Å². The zero-order chi connectivity index (χ0) is 14.0. The minimum atomic E-state index is -0.154. The first kappa shape index (κ1) is 13.5. The summed E-state index contributed by atoms with van der Waals surface area (Å²) in [6.07, 6.45) is 6.73. The van der Waals surface area contributed by atoms with Crippen LogP contribution in [0.15, 0.2) is 40.1 Å². The minimum Gasteiger partial charge on any atom is -0.325 e. The van der Waals surface area contributed by atoms with E-state index in [4.69, 9.17) is 0 Å². The van der Waals surface area contributed by atoms with Crippen molar-refractivity contribution in [3.63, 3.8) is 0 Å². The summed E-state index contributed by atoms with van der Waals surface area (Å²) >= 11 is 0. The van der Waals surface area contributed by atoms with Crippen LogP contribution in [0.3, 0.4) is 0 Å². The van der Waals surface area contributed by atoms with Crippen molar-refractivity contribution in [1.29, 1.82) is 0 Å². The third-order valence-corrected chi connectivity index (χ3v) is 3.48. The standard InChI is InChI=1S/C15H18N2O2/c1-4-11-9(3)12-7-6-10(16-14(18)5-2)8-13(12)17-15(11)19/h6-8,12H,4-5H2,1-3H3,(H,17,19). The molecule has 19 heavy (non-hydrogen) atoms. The van der Waals surface area contributed by atoms with Crippen LogP contribution in [-0.4, -0.2) is 17.5 Å². The molecule has 4 nitrogen and oxygen atoms in total. The largest absolute Gasteiger partial charge is 0.325 e. The molecule has 100 valence electrons. The van der Waals surface area contributed by atoms with Crippen LogP contribution < -0.4 is 5.32 Å². The van der Waals surface area contributed by atoms with Gasteiger partial charge in [-0.25, -0.2) is 4.99 Å². The number of nitrogens with zero attached hydrogens (tertiary/aromatic N) is 1. The summed E-state index contributed by atoms with van der Waals surface area (Å²) in [5.41, 5.74) is 3.34. The Morgan fingerprint density at radius 2 is 2.16 bits per heavy atom. The number of hydrogen-bond donors (Lipinski definition) is 1. The predicted molar refractivity (Wildman–Crippen MR) is 74.6 cm³/mol. The lowest BCUT2D eigenvalue weighted by Crippen LogP contribution is -2.36. The van der Waals surface area contributed by atoms with Crippen LogP contribution in [0.25, 0.3) is 0 Å². The SMILES string of the molecule is CCC(=O)N=C1C=CC2C(=C1)NC(=O)C(CC)=C2C. The van der Waals surface area contributed by atoms with E-state index < -0.39 is 0 Å². The quantitative estimate of drug-likeness (QED) is 0.826. The first-order valence-electron chi connectivity index (χ1n) is 6.59. The highest BCUT2D eigenvalue weighted by Crippen LogP contribution is 2.31. The lowest BCUT2D eigenvalue weighted by molar-refractivity contribution is -0.118. The highest BCUT2D eigenvalue weighted by atomic mass is 16.2. The number of rotatable bonds is 2. The Morgan fingerprint density at radius 1 is 1.42 bits per heavy atom. The van der Waals surface area contributed by atoms with E-state index in [1.165, 1.54) is 0 Å². The topological polar surface area (TPSA) is 58.5 Å². The van der Waals surface area contributed by atoms with E-state index in [0.29, 0.717) is 12.1 Å². The Bertz CT molecular complexity index is 550. The molecule has 4 heteroatoms. The average molecular weight is 258 g/mol. The number of fused-ring (bicyclic) bond motifs is 1. The van der Waals surface area contributed by atoms with E-state index >= 15 is 0 Å². The molecule has 0 bridgehead atoms. The third kappa shape index (κ3) is 2.57. The van der Waals surface area contributed by atoms with E-state index in [0.717, 1.165) is 23.3 Å². The number of carbonyl (C=O) groups excluding carboxylic acids is 2. The number of carbonyl (C=O) groups is 2. The lowest BCUT2D eigenvalue weighted by atomic mass is 9.84. The van der Waals surface area contributed by atoms with Crippen molar-refractivity contribution in [2.24, 2.45) is 10.9 Å². The van der Waals surface area contributed by atoms with Crippen LogP contribution in [0, 0.1) is 5.92 Å². The molecular weight excluding hydrogens is 240 g/mol. The second kappa shape index (κ2) is 5.34. The summed E-state index contributed by atoms with van der Waals surface area (Å²) in [7, 11) is 0. The average Bonchev–Trinajstić information content (AvgIpc) is 2.38. The van der Waals surface area contributed by atoms with E-state index in [-0.39, 0.29) is 17.7 Å². The Hall–Kier alpha value is -1.97. The monoisotopic (exact) mass is 258 g/mol. The van der Waals surface area contributed by atoms with Gasteiger partial charge in [0.1, 0.15) is 0 Å². The predicted octanol–water partition coefficient (Wildman–Crippen LogP) is 2.29. The number of amides is 2. The first-order chi connectivity index (χ1) is 9.06. The van der Waals surface area contributed by atoms with Crippen molar-refractivity contribution in [3.05, 3.63) is 35.1 Å². The summed E-state index contributed by atoms with van der Waals surface area (Å²) in [5, 5.41) is 2.89. The molecule has 0 aromatic carbocycles. The van der Waals surface area contributed by atoms with Crippen molar-refractivity contribution in [1.82, 2.24) is 5.32 Å². The highest BCUT2D eigenvalue weighted by molar-refractivity contribution is 6.11. The molecule has 0 aromatic heterocycles. The fourth-order valence-corrected chi connectivity index (χ4v) is 2.39. The summed E-state index contributed by atoms with van der Waals surface area (Å²) in [4.78, 5) is 27.2.